The van der Waals surface area contributed by atoms with Gasteiger partial charge in [-0.25, -0.2) is 0 Å². The highest BCUT2D eigenvalue weighted by Crippen LogP contribution is 2.28. The van der Waals surface area contributed by atoms with Gasteiger partial charge in [0.25, 0.3) is 5.91 Å². The molecule has 0 heterocycles. The maximum absolute atomic E-state index is 12.1. The molecule has 4 heteroatoms. The van der Waals surface area contributed by atoms with E-state index < -0.39 is 0 Å². The van der Waals surface area contributed by atoms with Crippen molar-refractivity contribution < 1.29 is 4.79 Å². The van der Waals surface area contributed by atoms with E-state index in [2.05, 4.69) is 24.2 Å². The first kappa shape index (κ1) is 12.8. The van der Waals surface area contributed by atoms with Gasteiger partial charge in [-0.15, -0.1) is 12.6 Å². The fraction of sp³-hybridized carbons (Fsp3) is 0.462. The summed E-state index contributed by atoms with van der Waals surface area (Å²) in [6, 6.07) is 7.74. The number of amides is 1. The number of hydrogen-bond donors (Lipinski definition) is 2. The second-order valence-corrected chi connectivity index (χ2v) is 5.86. The highest BCUT2D eigenvalue weighted by molar-refractivity contribution is 7.99. The number of hydrogen-bond acceptors (Lipinski definition) is 3. The number of carbonyl (C=O) groups is 1. The lowest BCUT2D eigenvalue weighted by Gasteiger charge is -2.19. The van der Waals surface area contributed by atoms with Crippen LogP contribution in [-0.4, -0.2) is 23.5 Å². The fourth-order valence-electron chi connectivity index (χ4n) is 2.29. The summed E-state index contributed by atoms with van der Waals surface area (Å²) < 4.78 is 0. The van der Waals surface area contributed by atoms with Gasteiger partial charge in [-0.05, 0) is 31.2 Å². The van der Waals surface area contributed by atoms with Crippen molar-refractivity contribution in [1.29, 1.82) is 0 Å². The normalized spacial score (nSPS) is 23.6. The lowest BCUT2D eigenvalue weighted by Crippen LogP contribution is -2.38. The van der Waals surface area contributed by atoms with Crippen LogP contribution in [0.15, 0.2) is 29.2 Å². The Balaban J connectivity index is 2.04. The second-order valence-electron chi connectivity index (χ2n) is 4.30. The molecule has 2 nitrogen and oxygen atoms in total. The van der Waals surface area contributed by atoms with Crippen molar-refractivity contribution in [2.45, 2.75) is 35.4 Å². The van der Waals surface area contributed by atoms with E-state index in [1.165, 1.54) is 12.8 Å². The van der Waals surface area contributed by atoms with Crippen LogP contribution in [0.1, 0.15) is 29.6 Å². The SMILES string of the molecule is CSC1CCCC1NC(=O)c1ccccc1S. The molecule has 1 fully saturated rings. The standard InChI is InChI=1S/C13H17NOS2/c1-17-12-8-4-6-10(12)14-13(15)9-5-2-3-7-11(9)16/h2-3,5,7,10,12,16H,4,6,8H2,1H3,(H,14,15). The van der Waals surface area contributed by atoms with Crippen LogP contribution in [0.25, 0.3) is 0 Å². The molecule has 0 aromatic heterocycles. The van der Waals surface area contributed by atoms with E-state index in [0.29, 0.717) is 16.9 Å². The Morgan fingerprint density at radius 3 is 2.88 bits per heavy atom. The molecule has 1 N–H and O–H groups in total. The quantitative estimate of drug-likeness (QED) is 0.824. The zero-order valence-corrected chi connectivity index (χ0v) is 11.6. The largest absolute Gasteiger partial charge is 0.348 e. The Morgan fingerprint density at radius 1 is 1.41 bits per heavy atom. The minimum absolute atomic E-state index is 0.00144. The molecule has 2 rings (SSSR count). The van der Waals surface area contributed by atoms with E-state index in [-0.39, 0.29) is 5.91 Å². The summed E-state index contributed by atoms with van der Waals surface area (Å²) in [5, 5.41) is 3.69. The molecular formula is C13H17NOS2. The van der Waals surface area contributed by atoms with E-state index in [1.807, 2.05) is 36.0 Å². The van der Waals surface area contributed by atoms with Crippen LogP contribution in [0.3, 0.4) is 0 Å². The lowest BCUT2D eigenvalue weighted by atomic mass is 10.2. The van der Waals surface area contributed by atoms with E-state index in [0.717, 1.165) is 11.3 Å². The molecule has 2 unspecified atom stereocenters. The van der Waals surface area contributed by atoms with Crippen LogP contribution >= 0.6 is 24.4 Å². The van der Waals surface area contributed by atoms with Crippen LogP contribution in [0, 0.1) is 0 Å². The van der Waals surface area contributed by atoms with Crippen molar-refractivity contribution in [3.05, 3.63) is 29.8 Å². The number of thioether (sulfide) groups is 1. The molecule has 0 spiro atoms. The van der Waals surface area contributed by atoms with Gasteiger partial charge in [0.2, 0.25) is 0 Å². The highest BCUT2D eigenvalue weighted by Gasteiger charge is 2.28. The van der Waals surface area contributed by atoms with Gasteiger partial charge < -0.3 is 5.32 Å². The second kappa shape index (κ2) is 5.83. The van der Waals surface area contributed by atoms with Crippen LogP contribution in [0.4, 0.5) is 0 Å². The van der Waals surface area contributed by atoms with Crippen molar-refractivity contribution in [3.63, 3.8) is 0 Å². The molecule has 0 saturated heterocycles. The van der Waals surface area contributed by atoms with Gasteiger partial charge in [0, 0.05) is 16.2 Å². The van der Waals surface area contributed by atoms with Gasteiger partial charge in [-0.2, -0.15) is 11.8 Å². The average Bonchev–Trinajstić information content (AvgIpc) is 2.76. The first-order chi connectivity index (χ1) is 8.22. The van der Waals surface area contributed by atoms with Gasteiger partial charge in [-0.1, -0.05) is 18.6 Å². The minimum atomic E-state index is 0.00144. The van der Waals surface area contributed by atoms with Crippen molar-refractivity contribution in [2.24, 2.45) is 0 Å². The molecule has 1 aromatic carbocycles. The number of nitrogens with one attached hydrogen (secondary N) is 1. The maximum Gasteiger partial charge on any atom is 0.252 e. The molecule has 1 aliphatic carbocycles. The summed E-state index contributed by atoms with van der Waals surface area (Å²) in [6.07, 6.45) is 5.61. The highest BCUT2D eigenvalue weighted by atomic mass is 32.2. The van der Waals surface area contributed by atoms with Crippen LogP contribution in [0.5, 0.6) is 0 Å². The molecule has 1 saturated carbocycles. The summed E-state index contributed by atoms with van der Waals surface area (Å²) in [4.78, 5) is 12.9. The summed E-state index contributed by atoms with van der Waals surface area (Å²) in [5.41, 5.74) is 0.669. The molecule has 0 aliphatic heterocycles. The number of carbonyl (C=O) groups excluding carboxylic acids is 1. The predicted octanol–water partition coefficient (Wildman–Crippen LogP) is 2.99. The third-order valence-electron chi connectivity index (χ3n) is 3.22. The summed E-state index contributed by atoms with van der Waals surface area (Å²) >= 11 is 6.16. The van der Waals surface area contributed by atoms with Crippen molar-refractivity contribution >= 4 is 30.3 Å². The number of rotatable bonds is 3. The van der Waals surface area contributed by atoms with Gasteiger partial charge in [-0.3, -0.25) is 4.79 Å². The third-order valence-corrected chi connectivity index (χ3v) is 4.78. The Labute approximate surface area is 112 Å². The Bertz CT molecular complexity index is 408. The molecule has 2 atom stereocenters. The van der Waals surface area contributed by atoms with E-state index in [1.54, 1.807) is 0 Å². The van der Waals surface area contributed by atoms with Crippen LogP contribution in [-0.2, 0) is 0 Å². The van der Waals surface area contributed by atoms with Crippen molar-refractivity contribution in [2.75, 3.05) is 6.26 Å². The Kier molecular flexibility index (Phi) is 4.40. The summed E-state index contributed by atoms with van der Waals surface area (Å²) in [6.45, 7) is 0. The maximum atomic E-state index is 12.1. The van der Waals surface area contributed by atoms with Gasteiger partial charge in [0.05, 0.1) is 5.56 Å². The zero-order valence-electron chi connectivity index (χ0n) is 9.85. The molecule has 1 aromatic rings. The molecule has 1 aliphatic rings. The summed E-state index contributed by atoms with van der Waals surface area (Å²) in [5.74, 6) is 0.00144. The van der Waals surface area contributed by atoms with E-state index in [4.69, 9.17) is 0 Å². The zero-order chi connectivity index (χ0) is 12.3. The molecule has 1 amide bonds. The smallest absolute Gasteiger partial charge is 0.252 e. The minimum Gasteiger partial charge on any atom is -0.348 e. The topological polar surface area (TPSA) is 29.1 Å². The van der Waals surface area contributed by atoms with Crippen LogP contribution in [0.2, 0.25) is 0 Å². The van der Waals surface area contributed by atoms with Gasteiger partial charge >= 0.3 is 0 Å². The van der Waals surface area contributed by atoms with Crippen molar-refractivity contribution in [3.8, 4) is 0 Å². The number of benzene rings is 1. The summed E-state index contributed by atoms with van der Waals surface area (Å²) in [7, 11) is 0. The lowest BCUT2D eigenvalue weighted by molar-refractivity contribution is 0.0936. The first-order valence-electron chi connectivity index (χ1n) is 5.84. The monoisotopic (exact) mass is 267 g/mol. The fourth-order valence-corrected chi connectivity index (χ4v) is 3.48. The third kappa shape index (κ3) is 2.99. The van der Waals surface area contributed by atoms with Crippen molar-refractivity contribution in [1.82, 2.24) is 5.32 Å². The molecule has 17 heavy (non-hydrogen) atoms. The molecule has 92 valence electrons. The molecule has 0 radical (unpaired) electrons. The van der Waals surface area contributed by atoms with E-state index >= 15 is 0 Å². The predicted molar refractivity (Wildman–Crippen MR) is 76.1 cm³/mol. The van der Waals surface area contributed by atoms with Gasteiger partial charge in [0.15, 0.2) is 0 Å². The van der Waals surface area contributed by atoms with Crippen LogP contribution < -0.4 is 5.32 Å². The Hall–Kier alpha value is -0.610. The average molecular weight is 267 g/mol. The van der Waals surface area contributed by atoms with E-state index in [9.17, 15) is 4.79 Å². The van der Waals surface area contributed by atoms with Gasteiger partial charge in [0.1, 0.15) is 0 Å². The molecule has 0 bridgehead atoms. The first-order valence-corrected chi connectivity index (χ1v) is 7.57. The molecular weight excluding hydrogens is 250 g/mol. The number of thiol groups is 1. The Morgan fingerprint density at radius 2 is 2.18 bits per heavy atom.